The van der Waals surface area contributed by atoms with E-state index in [0.29, 0.717) is 6.04 Å². The minimum Gasteiger partial charge on any atom is -0.359 e. The molecule has 0 heterocycles. The molecule has 3 amide bonds. The number of carbonyl (C=O) groups is 2. The molecule has 0 aromatic rings. The monoisotopic (exact) mass is 309 g/mol. The van der Waals surface area contributed by atoms with Crippen LogP contribution in [0.4, 0.5) is 4.79 Å². The van der Waals surface area contributed by atoms with Gasteiger partial charge in [-0.2, -0.15) is 0 Å². The summed E-state index contributed by atoms with van der Waals surface area (Å²) in [7, 11) is 3.61. The van der Waals surface area contributed by atoms with E-state index in [-0.39, 0.29) is 23.9 Å². The highest BCUT2D eigenvalue weighted by Crippen LogP contribution is 2.27. The SMILES string of the molecule is CNC(=O)C1CCC(NC(=O)N(C)C2CCC(C)CC2)CC1. The van der Waals surface area contributed by atoms with Gasteiger partial charge in [0.15, 0.2) is 0 Å². The number of carbonyl (C=O) groups excluding carboxylic acids is 2. The van der Waals surface area contributed by atoms with E-state index in [1.54, 1.807) is 7.05 Å². The zero-order chi connectivity index (χ0) is 16.1. The quantitative estimate of drug-likeness (QED) is 0.841. The molecule has 0 aromatic carbocycles. The molecule has 2 rings (SSSR count). The van der Waals surface area contributed by atoms with Gasteiger partial charge in [0.05, 0.1) is 0 Å². The van der Waals surface area contributed by atoms with Crippen LogP contribution < -0.4 is 10.6 Å². The lowest BCUT2D eigenvalue weighted by Crippen LogP contribution is -2.49. The zero-order valence-corrected chi connectivity index (χ0v) is 14.2. The van der Waals surface area contributed by atoms with Crippen molar-refractivity contribution in [1.82, 2.24) is 15.5 Å². The average molecular weight is 309 g/mol. The van der Waals surface area contributed by atoms with Gasteiger partial charge in [-0.05, 0) is 57.3 Å². The fourth-order valence-electron chi connectivity index (χ4n) is 3.78. The van der Waals surface area contributed by atoms with Crippen LogP contribution in [-0.4, -0.2) is 43.0 Å². The summed E-state index contributed by atoms with van der Waals surface area (Å²) in [6.45, 7) is 2.29. The van der Waals surface area contributed by atoms with Crippen LogP contribution in [0.15, 0.2) is 0 Å². The van der Waals surface area contributed by atoms with Crippen molar-refractivity contribution in [2.45, 2.75) is 70.4 Å². The van der Waals surface area contributed by atoms with Gasteiger partial charge in [0, 0.05) is 32.1 Å². The Morgan fingerprint density at radius 3 is 2.09 bits per heavy atom. The van der Waals surface area contributed by atoms with Crippen LogP contribution in [0, 0.1) is 11.8 Å². The molecular formula is C17H31N3O2. The predicted octanol–water partition coefficient (Wildman–Crippen LogP) is 2.51. The standard InChI is InChI=1S/C17H31N3O2/c1-12-4-10-15(11-5-12)20(3)17(22)19-14-8-6-13(7-9-14)16(21)18-2/h12-15H,4-11H2,1-3H3,(H,18,21)(H,19,22). The maximum Gasteiger partial charge on any atom is 0.317 e. The van der Waals surface area contributed by atoms with Gasteiger partial charge >= 0.3 is 6.03 Å². The molecule has 0 radical (unpaired) electrons. The fraction of sp³-hybridized carbons (Fsp3) is 0.882. The second-order valence-electron chi connectivity index (χ2n) is 7.14. The van der Waals surface area contributed by atoms with Gasteiger partial charge in [-0.25, -0.2) is 4.79 Å². The van der Waals surface area contributed by atoms with Gasteiger partial charge in [-0.15, -0.1) is 0 Å². The summed E-state index contributed by atoms with van der Waals surface area (Å²) in [6, 6.07) is 0.666. The first kappa shape index (κ1) is 17.1. The lowest BCUT2D eigenvalue weighted by atomic mass is 9.85. The van der Waals surface area contributed by atoms with E-state index >= 15 is 0 Å². The van der Waals surface area contributed by atoms with Crippen molar-refractivity contribution in [3.8, 4) is 0 Å². The lowest BCUT2D eigenvalue weighted by molar-refractivity contribution is -0.125. The maximum atomic E-state index is 12.4. The highest BCUT2D eigenvalue weighted by atomic mass is 16.2. The lowest BCUT2D eigenvalue weighted by Gasteiger charge is -2.35. The number of urea groups is 1. The summed E-state index contributed by atoms with van der Waals surface area (Å²) in [6.07, 6.45) is 8.23. The molecule has 5 heteroatoms. The summed E-state index contributed by atoms with van der Waals surface area (Å²) >= 11 is 0. The Kier molecular flexibility index (Phi) is 6.09. The minimum absolute atomic E-state index is 0.0583. The van der Waals surface area contributed by atoms with Crippen LogP contribution in [0.2, 0.25) is 0 Å². The normalized spacial score (nSPS) is 32.1. The van der Waals surface area contributed by atoms with Crippen molar-refractivity contribution in [3.63, 3.8) is 0 Å². The Labute approximate surface area is 134 Å². The molecule has 0 unspecified atom stereocenters. The number of nitrogens with zero attached hydrogens (tertiary/aromatic N) is 1. The van der Waals surface area contributed by atoms with Gasteiger partial charge in [0.1, 0.15) is 0 Å². The number of hydrogen-bond acceptors (Lipinski definition) is 2. The van der Waals surface area contributed by atoms with E-state index in [2.05, 4.69) is 17.6 Å². The topological polar surface area (TPSA) is 61.4 Å². The third-order valence-electron chi connectivity index (χ3n) is 5.53. The Hall–Kier alpha value is -1.26. The molecule has 0 spiro atoms. The van der Waals surface area contributed by atoms with Crippen molar-refractivity contribution < 1.29 is 9.59 Å². The molecule has 0 atom stereocenters. The van der Waals surface area contributed by atoms with Crippen LogP contribution in [0.3, 0.4) is 0 Å². The number of hydrogen-bond donors (Lipinski definition) is 2. The summed E-state index contributed by atoms with van der Waals surface area (Å²) in [5.74, 6) is 1.06. The smallest absolute Gasteiger partial charge is 0.317 e. The molecule has 2 fully saturated rings. The van der Waals surface area contributed by atoms with Crippen molar-refractivity contribution >= 4 is 11.9 Å². The fourth-order valence-corrected chi connectivity index (χ4v) is 3.78. The van der Waals surface area contributed by atoms with E-state index in [0.717, 1.165) is 44.4 Å². The van der Waals surface area contributed by atoms with Crippen LogP contribution in [0.25, 0.3) is 0 Å². The van der Waals surface area contributed by atoms with E-state index < -0.39 is 0 Å². The maximum absolute atomic E-state index is 12.4. The van der Waals surface area contributed by atoms with Crippen molar-refractivity contribution in [2.24, 2.45) is 11.8 Å². The van der Waals surface area contributed by atoms with Crippen LogP contribution in [-0.2, 0) is 4.79 Å². The molecule has 22 heavy (non-hydrogen) atoms. The third-order valence-corrected chi connectivity index (χ3v) is 5.53. The van der Waals surface area contributed by atoms with Crippen molar-refractivity contribution in [3.05, 3.63) is 0 Å². The minimum atomic E-state index is 0.0583. The van der Waals surface area contributed by atoms with Gasteiger partial charge in [0.25, 0.3) is 0 Å². The van der Waals surface area contributed by atoms with Crippen LogP contribution in [0.1, 0.15) is 58.3 Å². The molecular weight excluding hydrogens is 278 g/mol. The molecule has 2 N–H and O–H groups in total. The van der Waals surface area contributed by atoms with Crippen LogP contribution >= 0.6 is 0 Å². The third kappa shape index (κ3) is 4.37. The predicted molar refractivity (Wildman–Crippen MR) is 87.5 cm³/mol. The highest BCUT2D eigenvalue weighted by Gasteiger charge is 2.29. The molecule has 0 saturated heterocycles. The van der Waals surface area contributed by atoms with Crippen LogP contribution in [0.5, 0.6) is 0 Å². The number of rotatable bonds is 3. The Morgan fingerprint density at radius 1 is 0.955 bits per heavy atom. The van der Waals surface area contributed by atoms with Crippen molar-refractivity contribution in [1.29, 1.82) is 0 Å². The summed E-state index contributed by atoms with van der Waals surface area (Å²) in [4.78, 5) is 25.9. The highest BCUT2D eigenvalue weighted by molar-refractivity contribution is 5.78. The summed E-state index contributed by atoms with van der Waals surface area (Å²) in [5, 5.41) is 5.88. The first-order chi connectivity index (χ1) is 10.5. The summed E-state index contributed by atoms with van der Waals surface area (Å²) < 4.78 is 0. The van der Waals surface area contributed by atoms with E-state index in [4.69, 9.17) is 0 Å². The van der Waals surface area contributed by atoms with Gasteiger partial charge in [-0.1, -0.05) is 6.92 Å². The van der Waals surface area contributed by atoms with E-state index in [9.17, 15) is 9.59 Å². The first-order valence-electron chi connectivity index (χ1n) is 8.76. The largest absolute Gasteiger partial charge is 0.359 e. The van der Waals surface area contributed by atoms with Gasteiger partial charge in [-0.3, -0.25) is 4.79 Å². The molecule has 0 aliphatic heterocycles. The average Bonchev–Trinajstić information content (AvgIpc) is 2.54. The summed E-state index contributed by atoms with van der Waals surface area (Å²) in [5.41, 5.74) is 0. The molecule has 2 aliphatic carbocycles. The van der Waals surface area contributed by atoms with Crippen molar-refractivity contribution in [2.75, 3.05) is 14.1 Å². The Balaban J connectivity index is 1.74. The van der Waals surface area contributed by atoms with Gasteiger partial charge < -0.3 is 15.5 Å². The molecule has 0 aromatic heterocycles. The Bertz CT molecular complexity index is 383. The molecule has 2 saturated carbocycles. The van der Waals surface area contributed by atoms with E-state index in [1.165, 1.54) is 12.8 Å². The molecule has 126 valence electrons. The molecule has 0 bridgehead atoms. The second kappa shape index (κ2) is 7.84. The number of amides is 3. The molecule has 5 nitrogen and oxygen atoms in total. The van der Waals surface area contributed by atoms with Gasteiger partial charge in [0.2, 0.25) is 5.91 Å². The first-order valence-corrected chi connectivity index (χ1v) is 8.76. The second-order valence-corrected chi connectivity index (χ2v) is 7.14. The zero-order valence-electron chi connectivity index (χ0n) is 14.2. The Morgan fingerprint density at radius 2 is 1.55 bits per heavy atom. The number of nitrogens with one attached hydrogen (secondary N) is 2. The van der Waals surface area contributed by atoms with E-state index in [1.807, 2.05) is 11.9 Å². The molecule has 2 aliphatic rings.